The third-order valence-corrected chi connectivity index (χ3v) is 2.30. The fraction of sp³-hybridized carbons (Fsp3) is 0.500. The normalized spacial score (nSPS) is 21.0. The molecule has 1 aliphatic rings. The molecular weight excluding hydrogens is 148 g/mol. The van der Waals surface area contributed by atoms with Gasteiger partial charge in [0.15, 0.2) is 0 Å². The average Bonchev–Trinajstić information content (AvgIpc) is 2.46. The maximum Gasteiger partial charge on any atom is 0.106 e. The van der Waals surface area contributed by atoms with E-state index in [-0.39, 0.29) is 0 Å². The van der Waals surface area contributed by atoms with E-state index < -0.39 is 0 Å². The van der Waals surface area contributed by atoms with Gasteiger partial charge < -0.3 is 4.98 Å². The Morgan fingerprint density at radius 3 is 3.25 bits per heavy atom. The Morgan fingerprint density at radius 2 is 2.50 bits per heavy atom. The highest BCUT2D eigenvalue weighted by Gasteiger charge is 2.13. The smallest absolute Gasteiger partial charge is 0.106 e. The molecule has 0 radical (unpaired) electrons. The van der Waals surface area contributed by atoms with Gasteiger partial charge in [-0.25, -0.2) is 4.98 Å². The van der Waals surface area contributed by atoms with Gasteiger partial charge in [-0.1, -0.05) is 19.9 Å². The molecular formula is C10H14N2. The Morgan fingerprint density at radius 1 is 1.67 bits per heavy atom. The fourth-order valence-corrected chi connectivity index (χ4v) is 1.59. The molecule has 2 nitrogen and oxygen atoms in total. The molecule has 0 aliphatic heterocycles. The number of imidazole rings is 1. The van der Waals surface area contributed by atoms with Crippen LogP contribution in [0.15, 0.2) is 6.08 Å². The van der Waals surface area contributed by atoms with E-state index in [4.69, 9.17) is 0 Å². The van der Waals surface area contributed by atoms with Crippen LogP contribution in [-0.2, 0) is 12.8 Å². The number of aromatic amines is 1. The monoisotopic (exact) mass is 162 g/mol. The lowest BCUT2D eigenvalue weighted by molar-refractivity contribution is 0.701. The second-order valence-corrected chi connectivity index (χ2v) is 3.44. The highest BCUT2D eigenvalue weighted by Crippen LogP contribution is 2.20. The van der Waals surface area contributed by atoms with Gasteiger partial charge in [0, 0.05) is 12.1 Å². The van der Waals surface area contributed by atoms with Crippen LogP contribution in [-0.4, -0.2) is 9.97 Å². The number of hydrogen-bond acceptors (Lipinski definition) is 1. The Bertz CT molecular complexity index is 310. The highest BCUT2D eigenvalue weighted by molar-refractivity contribution is 5.51. The van der Waals surface area contributed by atoms with Crippen molar-refractivity contribution in [2.75, 3.05) is 0 Å². The zero-order chi connectivity index (χ0) is 8.55. The van der Waals surface area contributed by atoms with E-state index in [1.807, 2.05) is 0 Å². The summed E-state index contributed by atoms with van der Waals surface area (Å²) in [5.41, 5.74) is 2.45. The molecule has 0 aromatic carbocycles. The second-order valence-electron chi connectivity index (χ2n) is 3.44. The summed E-state index contributed by atoms with van der Waals surface area (Å²) in [7, 11) is 0. The molecule has 2 heteroatoms. The Balaban J connectivity index is 2.37. The number of fused-ring (bicyclic) bond motifs is 1. The van der Waals surface area contributed by atoms with Crippen LogP contribution >= 0.6 is 0 Å². The number of allylic oxidation sites excluding steroid dienone is 1. The molecule has 0 fully saturated rings. The first-order valence-corrected chi connectivity index (χ1v) is 4.55. The van der Waals surface area contributed by atoms with Crippen molar-refractivity contribution in [1.29, 1.82) is 0 Å². The van der Waals surface area contributed by atoms with E-state index in [1.165, 1.54) is 5.69 Å². The summed E-state index contributed by atoms with van der Waals surface area (Å²) in [6, 6.07) is 0. The maximum atomic E-state index is 4.46. The maximum absolute atomic E-state index is 4.46. The van der Waals surface area contributed by atoms with E-state index >= 15 is 0 Å². The number of aryl methyl sites for hydroxylation is 1. The van der Waals surface area contributed by atoms with E-state index in [2.05, 4.69) is 36.0 Å². The third-order valence-electron chi connectivity index (χ3n) is 2.30. The van der Waals surface area contributed by atoms with E-state index in [0.29, 0.717) is 5.92 Å². The molecule has 0 amide bonds. The molecule has 1 aliphatic carbocycles. The van der Waals surface area contributed by atoms with Crippen molar-refractivity contribution in [1.82, 2.24) is 9.97 Å². The molecule has 0 saturated heterocycles. The molecule has 1 unspecified atom stereocenters. The number of rotatable bonds is 1. The van der Waals surface area contributed by atoms with Gasteiger partial charge in [0.25, 0.3) is 0 Å². The lowest BCUT2D eigenvalue weighted by Gasteiger charge is -2.09. The molecule has 64 valence electrons. The fourth-order valence-electron chi connectivity index (χ4n) is 1.59. The van der Waals surface area contributed by atoms with Crippen LogP contribution in [0.1, 0.15) is 31.1 Å². The molecule has 1 aromatic rings. The lowest BCUT2D eigenvalue weighted by Crippen LogP contribution is -2.02. The van der Waals surface area contributed by atoms with Gasteiger partial charge in [0.05, 0.1) is 5.69 Å². The van der Waals surface area contributed by atoms with Crippen LogP contribution in [0.2, 0.25) is 0 Å². The first-order chi connectivity index (χ1) is 5.79. The summed E-state index contributed by atoms with van der Waals surface area (Å²) in [5.74, 6) is 1.77. The first kappa shape index (κ1) is 7.59. The van der Waals surface area contributed by atoms with Crippen molar-refractivity contribution in [2.45, 2.75) is 26.7 Å². The Hall–Kier alpha value is -1.05. The molecule has 0 bridgehead atoms. The predicted octanol–water partition coefficient (Wildman–Crippen LogP) is 2.18. The van der Waals surface area contributed by atoms with Crippen molar-refractivity contribution >= 4 is 6.08 Å². The van der Waals surface area contributed by atoms with Gasteiger partial charge in [-0.05, 0) is 18.4 Å². The highest BCUT2D eigenvalue weighted by atomic mass is 14.9. The quantitative estimate of drug-likeness (QED) is 0.673. The van der Waals surface area contributed by atoms with Crippen molar-refractivity contribution in [2.24, 2.45) is 5.92 Å². The number of aromatic nitrogens is 2. The summed E-state index contributed by atoms with van der Waals surface area (Å²) in [4.78, 5) is 7.81. The molecule has 1 N–H and O–H groups in total. The Labute approximate surface area is 72.7 Å². The largest absolute Gasteiger partial charge is 0.345 e. The van der Waals surface area contributed by atoms with Gasteiger partial charge in [-0.15, -0.1) is 0 Å². The summed E-state index contributed by atoms with van der Waals surface area (Å²) in [6.45, 7) is 4.35. The van der Waals surface area contributed by atoms with Gasteiger partial charge >= 0.3 is 0 Å². The summed E-state index contributed by atoms with van der Waals surface area (Å²) in [6.07, 6.45) is 6.45. The van der Waals surface area contributed by atoms with E-state index in [0.717, 1.165) is 24.4 Å². The standard InChI is InChI=1S/C10H14N2/c1-3-10-11-8-5-4-7(2)6-9(8)12-10/h4-5,7H,3,6H2,1-2H3,(H,11,12). The van der Waals surface area contributed by atoms with Crippen LogP contribution < -0.4 is 0 Å². The minimum Gasteiger partial charge on any atom is -0.345 e. The number of H-pyrrole nitrogens is 1. The molecule has 12 heavy (non-hydrogen) atoms. The van der Waals surface area contributed by atoms with Crippen molar-refractivity contribution in [3.63, 3.8) is 0 Å². The zero-order valence-electron chi connectivity index (χ0n) is 7.59. The number of nitrogens with zero attached hydrogens (tertiary/aromatic N) is 1. The molecule has 0 spiro atoms. The average molecular weight is 162 g/mol. The van der Waals surface area contributed by atoms with Crippen LogP contribution in [0.25, 0.3) is 6.08 Å². The second kappa shape index (κ2) is 2.77. The first-order valence-electron chi connectivity index (χ1n) is 4.55. The van der Waals surface area contributed by atoms with Crippen molar-refractivity contribution in [3.8, 4) is 0 Å². The van der Waals surface area contributed by atoms with E-state index in [9.17, 15) is 0 Å². The van der Waals surface area contributed by atoms with Gasteiger partial charge in [0.1, 0.15) is 5.82 Å². The summed E-state index contributed by atoms with van der Waals surface area (Å²) in [5, 5.41) is 0. The molecule has 1 aromatic heterocycles. The zero-order valence-corrected chi connectivity index (χ0v) is 7.59. The summed E-state index contributed by atoms with van der Waals surface area (Å²) >= 11 is 0. The number of hydrogen-bond donors (Lipinski definition) is 1. The molecule has 0 saturated carbocycles. The van der Waals surface area contributed by atoms with Crippen molar-refractivity contribution < 1.29 is 0 Å². The molecule has 1 heterocycles. The minimum absolute atomic E-state index is 0.655. The minimum atomic E-state index is 0.655. The van der Waals surface area contributed by atoms with Crippen LogP contribution in [0.4, 0.5) is 0 Å². The van der Waals surface area contributed by atoms with Crippen LogP contribution in [0.3, 0.4) is 0 Å². The Kier molecular flexibility index (Phi) is 1.75. The van der Waals surface area contributed by atoms with Crippen molar-refractivity contribution in [3.05, 3.63) is 23.3 Å². The van der Waals surface area contributed by atoms with Crippen LogP contribution in [0.5, 0.6) is 0 Å². The third kappa shape index (κ3) is 1.17. The predicted molar refractivity (Wildman–Crippen MR) is 49.9 cm³/mol. The SMILES string of the molecule is CCc1nc2c([nH]1)CC(C)C=C2. The van der Waals surface area contributed by atoms with E-state index in [1.54, 1.807) is 0 Å². The molecule has 2 rings (SSSR count). The van der Waals surface area contributed by atoms with Crippen LogP contribution in [0, 0.1) is 5.92 Å². The van der Waals surface area contributed by atoms with Gasteiger partial charge in [-0.2, -0.15) is 0 Å². The molecule has 1 atom stereocenters. The lowest BCUT2D eigenvalue weighted by atomic mass is 9.99. The van der Waals surface area contributed by atoms with Gasteiger partial charge in [-0.3, -0.25) is 0 Å². The topological polar surface area (TPSA) is 28.7 Å². The summed E-state index contributed by atoms with van der Waals surface area (Å²) < 4.78 is 0. The number of nitrogens with one attached hydrogen (secondary N) is 1. The van der Waals surface area contributed by atoms with Gasteiger partial charge in [0.2, 0.25) is 0 Å².